The summed E-state index contributed by atoms with van der Waals surface area (Å²) in [7, 11) is 0. The second-order valence-electron chi connectivity index (χ2n) is 5.92. The van der Waals surface area contributed by atoms with Gasteiger partial charge in [-0.1, -0.05) is 11.6 Å². The van der Waals surface area contributed by atoms with Gasteiger partial charge in [-0.2, -0.15) is 0 Å². The molecule has 1 N–H and O–H groups in total. The summed E-state index contributed by atoms with van der Waals surface area (Å²) in [5.41, 5.74) is 1.91. The fourth-order valence-electron chi connectivity index (χ4n) is 3.09. The van der Waals surface area contributed by atoms with Crippen LogP contribution in [0.15, 0.2) is 28.7 Å². The van der Waals surface area contributed by atoms with E-state index in [-0.39, 0.29) is 12.5 Å². The topological polar surface area (TPSA) is 53.7 Å². The van der Waals surface area contributed by atoms with Gasteiger partial charge in [0.2, 0.25) is 0 Å². The van der Waals surface area contributed by atoms with Crippen molar-refractivity contribution in [2.24, 2.45) is 5.92 Å². The van der Waals surface area contributed by atoms with Crippen LogP contribution in [0.4, 0.5) is 0 Å². The average Bonchev–Trinajstić information content (AvgIpc) is 2.90. The number of amides is 1. The zero-order valence-corrected chi connectivity index (χ0v) is 12.3. The third kappa shape index (κ3) is 2.95. The summed E-state index contributed by atoms with van der Waals surface area (Å²) >= 11 is 0. The number of benzene rings is 1. The molecular weight excluding hydrogens is 266 g/mol. The van der Waals surface area contributed by atoms with E-state index in [0.717, 1.165) is 48.9 Å². The van der Waals surface area contributed by atoms with Gasteiger partial charge in [0.25, 0.3) is 5.91 Å². The molecule has 0 spiro atoms. The minimum atomic E-state index is -0.0357. The first-order valence-electron chi connectivity index (χ1n) is 7.57. The lowest BCUT2D eigenvalue weighted by Crippen LogP contribution is -2.40. The van der Waals surface area contributed by atoms with Gasteiger partial charge in [-0.15, -0.1) is 0 Å². The molecule has 1 unspecified atom stereocenters. The van der Waals surface area contributed by atoms with Crippen molar-refractivity contribution in [2.75, 3.05) is 19.7 Å². The normalized spacial score (nSPS) is 19.1. The van der Waals surface area contributed by atoms with Crippen LogP contribution in [-0.4, -0.2) is 35.6 Å². The highest BCUT2D eigenvalue weighted by Crippen LogP contribution is 2.25. The van der Waals surface area contributed by atoms with Crippen LogP contribution in [0.3, 0.4) is 0 Å². The van der Waals surface area contributed by atoms with Gasteiger partial charge in [-0.25, -0.2) is 0 Å². The molecule has 1 aliphatic heterocycles. The Bertz CT molecular complexity index is 645. The van der Waals surface area contributed by atoms with E-state index in [0.29, 0.717) is 11.7 Å². The number of fused-ring (bicyclic) bond motifs is 1. The van der Waals surface area contributed by atoms with E-state index in [4.69, 9.17) is 9.52 Å². The first-order chi connectivity index (χ1) is 10.2. The van der Waals surface area contributed by atoms with Crippen molar-refractivity contribution >= 4 is 16.9 Å². The fourth-order valence-corrected chi connectivity index (χ4v) is 3.09. The molecule has 1 atom stereocenters. The molecule has 2 heterocycles. The number of rotatable bonds is 3. The van der Waals surface area contributed by atoms with Crippen molar-refractivity contribution in [1.82, 2.24) is 4.90 Å². The lowest BCUT2D eigenvalue weighted by atomic mass is 9.95. The van der Waals surface area contributed by atoms with Gasteiger partial charge in [0.1, 0.15) is 5.58 Å². The predicted octanol–water partition coefficient (Wildman–Crippen LogP) is 2.98. The number of aryl methyl sites for hydroxylation is 1. The van der Waals surface area contributed by atoms with Crippen molar-refractivity contribution in [2.45, 2.75) is 26.2 Å². The number of nitrogens with zero attached hydrogens (tertiary/aromatic N) is 1. The van der Waals surface area contributed by atoms with E-state index < -0.39 is 0 Å². The predicted molar refractivity (Wildman–Crippen MR) is 81.3 cm³/mol. The van der Waals surface area contributed by atoms with Gasteiger partial charge in [-0.05, 0) is 50.3 Å². The fraction of sp³-hybridized carbons (Fsp3) is 0.471. The lowest BCUT2D eigenvalue weighted by molar-refractivity contribution is 0.0624. The molecule has 4 heteroatoms. The van der Waals surface area contributed by atoms with Gasteiger partial charge in [-0.3, -0.25) is 4.79 Å². The van der Waals surface area contributed by atoms with Crippen LogP contribution >= 0.6 is 0 Å². The van der Waals surface area contributed by atoms with Crippen LogP contribution in [0.2, 0.25) is 0 Å². The van der Waals surface area contributed by atoms with Crippen LogP contribution in [0.25, 0.3) is 11.0 Å². The maximum Gasteiger partial charge on any atom is 0.289 e. The van der Waals surface area contributed by atoms with Crippen LogP contribution in [0, 0.1) is 12.8 Å². The number of piperidine rings is 1. The van der Waals surface area contributed by atoms with Crippen molar-refractivity contribution in [3.8, 4) is 0 Å². The Hall–Kier alpha value is -1.81. The standard InChI is InChI=1S/C17H21NO3/c1-12-4-5-15-14(9-12)10-16(21-15)17(20)18-7-2-3-13(11-18)6-8-19/h4-5,9-10,13,19H,2-3,6-8,11H2,1H3. The maximum atomic E-state index is 12.6. The van der Waals surface area contributed by atoms with E-state index in [2.05, 4.69) is 0 Å². The molecule has 1 fully saturated rings. The molecule has 0 aliphatic carbocycles. The van der Waals surface area contributed by atoms with Gasteiger partial charge in [0.15, 0.2) is 5.76 Å². The largest absolute Gasteiger partial charge is 0.451 e. The summed E-state index contributed by atoms with van der Waals surface area (Å²) in [6.45, 7) is 3.71. The zero-order chi connectivity index (χ0) is 14.8. The molecule has 1 saturated heterocycles. The van der Waals surface area contributed by atoms with Crippen molar-refractivity contribution in [3.05, 3.63) is 35.6 Å². The van der Waals surface area contributed by atoms with Gasteiger partial charge < -0.3 is 14.4 Å². The Labute approximate surface area is 124 Å². The summed E-state index contributed by atoms with van der Waals surface area (Å²) in [6, 6.07) is 7.76. The Kier molecular flexibility index (Phi) is 3.97. The highest BCUT2D eigenvalue weighted by atomic mass is 16.3. The van der Waals surface area contributed by atoms with Crippen LogP contribution in [0.1, 0.15) is 35.4 Å². The molecule has 1 aliphatic rings. The maximum absolute atomic E-state index is 12.6. The minimum Gasteiger partial charge on any atom is -0.451 e. The molecule has 3 rings (SSSR count). The van der Waals surface area contributed by atoms with Gasteiger partial charge >= 0.3 is 0 Å². The molecule has 0 saturated carbocycles. The highest BCUT2D eigenvalue weighted by molar-refractivity contribution is 5.96. The summed E-state index contributed by atoms with van der Waals surface area (Å²) < 4.78 is 5.69. The second-order valence-corrected chi connectivity index (χ2v) is 5.92. The summed E-state index contributed by atoms with van der Waals surface area (Å²) in [5.74, 6) is 0.783. The molecule has 21 heavy (non-hydrogen) atoms. The minimum absolute atomic E-state index is 0.0357. The average molecular weight is 287 g/mol. The number of aliphatic hydroxyl groups excluding tert-OH is 1. The second kappa shape index (κ2) is 5.90. The number of hydrogen-bond donors (Lipinski definition) is 1. The Balaban J connectivity index is 1.79. The SMILES string of the molecule is Cc1ccc2oc(C(=O)N3CCCC(CCO)C3)cc2c1. The molecule has 0 bridgehead atoms. The van der Waals surface area contributed by atoms with Gasteiger partial charge in [0, 0.05) is 25.1 Å². The van der Waals surface area contributed by atoms with Gasteiger partial charge in [0.05, 0.1) is 0 Å². The number of carbonyl (C=O) groups is 1. The van der Waals surface area contributed by atoms with E-state index in [1.54, 1.807) is 0 Å². The molecule has 2 aromatic rings. The summed E-state index contributed by atoms with van der Waals surface area (Å²) in [6.07, 6.45) is 2.85. The molecule has 1 aromatic carbocycles. The molecular formula is C17H21NO3. The number of carbonyl (C=O) groups excluding carboxylic acids is 1. The number of hydrogen-bond acceptors (Lipinski definition) is 3. The highest BCUT2D eigenvalue weighted by Gasteiger charge is 2.26. The third-order valence-electron chi connectivity index (χ3n) is 4.23. The first-order valence-corrected chi connectivity index (χ1v) is 7.57. The van der Waals surface area contributed by atoms with Crippen LogP contribution in [-0.2, 0) is 0 Å². The van der Waals surface area contributed by atoms with E-state index in [9.17, 15) is 4.79 Å². The molecule has 1 amide bonds. The van der Waals surface area contributed by atoms with Crippen molar-refractivity contribution in [1.29, 1.82) is 0 Å². The first kappa shape index (κ1) is 14.1. The quantitative estimate of drug-likeness (QED) is 0.944. The summed E-state index contributed by atoms with van der Waals surface area (Å²) in [5, 5.41) is 10.0. The van der Waals surface area contributed by atoms with E-state index in [1.807, 2.05) is 36.1 Å². The Morgan fingerprint density at radius 1 is 1.43 bits per heavy atom. The molecule has 0 radical (unpaired) electrons. The molecule has 1 aromatic heterocycles. The van der Waals surface area contributed by atoms with Crippen LogP contribution in [0.5, 0.6) is 0 Å². The van der Waals surface area contributed by atoms with E-state index >= 15 is 0 Å². The van der Waals surface area contributed by atoms with Crippen molar-refractivity contribution in [3.63, 3.8) is 0 Å². The summed E-state index contributed by atoms with van der Waals surface area (Å²) in [4.78, 5) is 14.4. The van der Waals surface area contributed by atoms with Crippen LogP contribution < -0.4 is 0 Å². The number of aliphatic hydroxyl groups is 1. The zero-order valence-electron chi connectivity index (χ0n) is 12.3. The number of likely N-dealkylation sites (tertiary alicyclic amines) is 1. The Morgan fingerprint density at radius 3 is 3.10 bits per heavy atom. The number of furan rings is 1. The molecule has 112 valence electrons. The van der Waals surface area contributed by atoms with E-state index in [1.165, 1.54) is 0 Å². The Morgan fingerprint density at radius 2 is 2.29 bits per heavy atom. The third-order valence-corrected chi connectivity index (χ3v) is 4.23. The molecule has 4 nitrogen and oxygen atoms in total. The smallest absolute Gasteiger partial charge is 0.289 e. The lowest BCUT2D eigenvalue weighted by Gasteiger charge is -2.31. The monoisotopic (exact) mass is 287 g/mol. The van der Waals surface area contributed by atoms with Crippen molar-refractivity contribution < 1.29 is 14.3 Å².